The third-order valence-corrected chi connectivity index (χ3v) is 4.64. The molecule has 0 atom stereocenters. The zero-order valence-corrected chi connectivity index (χ0v) is 15.1. The lowest BCUT2D eigenvalue weighted by molar-refractivity contribution is -0.122. The number of likely N-dealkylation sites (tertiary alicyclic amines) is 1. The molecule has 0 saturated carbocycles. The lowest BCUT2D eigenvalue weighted by atomic mass is 10.0. The first-order valence-electron chi connectivity index (χ1n) is 8.87. The van der Waals surface area contributed by atoms with E-state index < -0.39 is 0 Å². The number of carbonyl (C=O) groups is 1. The number of hydrogen-bond donors (Lipinski definition) is 1. The average molecular weight is 342 g/mol. The molecule has 0 radical (unpaired) electrons. The molecule has 134 valence electrons. The van der Waals surface area contributed by atoms with Gasteiger partial charge in [-0.2, -0.15) is 0 Å². The summed E-state index contributed by atoms with van der Waals surface area (Å²) >= 11 is 0. The van der Waals surface area contributed by atoms with Crippen LogP contribution in [0.1, 0.15) is 32.3 Å². The molecular weight excluding hydrogens is 316 g/mol. The molecular formula is C18H26N6O. The van der Waals surface area contributed by atoms with Gasteiger partial charge in [-0.25, -0.2) is 4.68 Å². The Morgan fingerprint density at radius 2 is 2.08 bits per heavy atom. The number of rotatable bonds is 5. The molecule has 0 aliphatic carbocycles. The van der Waals surface area contributed by atoms with Gasteiger partial charge in [0.05, 0.1) is 6.20 Å². The fraction of sp³-hybridized carbons (Fsp3) is 0.556. The van der Waals surface area contributed by atoms with Crippen molar-refractivity contribution in [2.75, 3.05) is 13.1 Å². The Morgan fingerprint density at radius 3 is 2.76 bits per heavy atom. The lowest BCUT2D eigenvalue weighted by Crippen LogP contribution is -2.47. The molecule has 1 aliphatic rings. The largest absolute Gasteiger partial charge is 0.352 e. The SMILES string of the molecule is Cc1cncc(-c2cn(CC(=O)NC3CCN(C(C)C)CC3)nn2)c1. The fourth-order valence-corrected chi connectivity index (χ4v) is 3.18. The number of carbonyl (C=O) groups excluding carboxylic acids is 1. The van der Waals surface area contributed by atoms with Crippen LogP contribution in [-0.2, 0) is 11.3 Å². The second kappa shape index (κ2) is 7.74. The van der Waals surface area contributed by atoms with Crippen molar-refractivity contribution in [1.82, 2.24) is 30.2 Å². The second-order valence-electron chi connectivity index (χ2n) is 7.02. The van der Waals surface area contributed by atoms with E-state index in [1.165, 1.54) is 0 Å². The van der Waals surface area contributed by atoms with Crippen LogP contribution in [0.4, 0.5) is 0 Å². The van der Waals surface area contributed by atoms with Crippen molar-refractivity contribution in [3.8, 4) is 11.3 Å². The number of aryl methyl sites for hydroxylation is 1. The van der Waals surface area contributed by atoms with Crippen molar-refractivity contribution in [3.63, 3.8) is 0 Å². The van der Waals surface area contributed by atoms with E-state index in [0.29, 0.717) is 6.04 Å². The van der Waals surface area contributed by atoms with Gasteiger partial charge in [-0.15, -0.1) is 5.10 Å². The molecule has 0 bridgehead atoms. The molecule has 1 N–H and O–H groups in total. The van der Waals surface area contributed by atoms with Gasteiger partial charge in [0, 0.05) is 43.1 Å². The summed E-state index contributed by atoms with van der Waals surface area (Å²) in [5.41, 5.74) is 2.71. The van der Waals surface area contributed by atoms with Crippen LogP contribution in [-0.4, -0.2) is 56.0 Å². The first-order chi connectivity index (χ1) is 12.0. The van der Waals surface area contributed by atoms with Gasteiger partial charge in [-0.05, 0) is 45.2 Å². The summed E-state index contributed by atoms with van der Waals surface area (Å²) in [6, 6.07) is 2.83. The summed E-state index contributed by atoms with van der Waals surface area (Å²) in [7, 11) is 0. The van der Waals surface area contributed by atoms with Crippen molar-refractivity contribution in [3.05, 3.63) is 30.2 Å². The molecule has 1 fully saturated rings. The maximum atomic E-state index is 12.3. The highest BCUT2D eigenvalue weighted by atomic mass is 16.2. The van der Waals surface area contributed by atoms with Crippen LogP contribution < -0.4 is 5.32 Å². The van der Waals surface area contributed by atoms with Crippen LogP contribution in [0.25, 0.3) is 11.3 Å². The Labute approximate surface area is 148 Å². The van der Waals surface area contributed by atoms with E-state index in [9.17, 15) is 4.79 Å². The maximum Gasteiger partial charge on any atom is 0.242 e. The minimum absolute atomic E-state index is 0.0122. The van der Waals surface area contributed by atoms with E-state index >= 15 is 0 Å². The van der Waals surface area contributed by atoms with Crippen molar-refractivity contribution in [2.24, 2.45) is 0 Å². The highest BCUT2D eigenvalue weighted by Gasteiger charge is 2.22. The van der Waals surface area contributed by atoms with E-state index in [1.807, 2.05) is 13.0 Å². The van der Waals surface area contributed by atoms with Gasteiger partial charge in [0.25, 0.3) is 0 Å². The van der Waals surface area contributed by atoms with Crippen molar-refractivity contribution in [2.45, 2.75) is 52.2 Å². The smallest absolute Gasteiger partial charge is 0.242 e. The molecule has 1 amide bonds. The van der Waals surface area contributed by atoms with Gasteiger partial charge in [-0.3, -0.25) is 9.78 Å². The first kappa shape index (κ1) is 17.5. The molecule has 2 aromatic heterocycles. The van der Waals surface area contributed by atoms with Gasteiger partial charge >= 0.3 is 0 Å². The highest BCUT2D eigenvalue weighted by molar-refractivity contribution is 5.76. The van der Waals surface area contributed by atoms with Crippen LogP contribution in [0.2, 0.25) is 0 Å². The molecule has 25 heavy (non-hydrogen) atoms. The fourth-order valence-electron chi connectivity index (χ4n) is 3.18. The van der Waals surface area contributed by atoms with E-state index in [1.54, 1.807) is 23.3 Å². The summed E-state index contributed by atoms with van der Waals surface area (Å²) in [5, 5.41) is 11.3. The molecule has 1 saturated heterocycles. The minimum atomic E-state index is -0.0122. The van der Waals surface area contributed by atoms with Gasteiger partial charge in [-0.1, -0.05) is 5.21 Å². The second-order valence-corrected chi connectivity index (χ2v) is 7.02. The standard InChI is InChI=1S/C18H26N6O/c1-13(2)23-6-4-16(5-7-23)20-18(25)12-24-11-17(21-22-24)15-8-14(3)9-19-10-15/h8-11,13,16H,4-7,12H2,1-3H3,(H,20,25). The van der Waals surface area contributed by atoms with Crippen molar-refractivity contribution < 1.29 is 4.79 Å². The Morgan fingerprint density at radius 1 is 1.32 bits per heavy atom. The Hall–Kier alpha value is -2.28. The van der Waals surface area contributed by atoms with Crippen LogP contribution in [0.5, 0.6) is 0 Å². The monoisotopic (exact) mass is 342 g/mol. The quantitative estimate of drug-likeness (QED) is 0.894. The van der Waals surface area contributed by atoms with E-state index in [4.69, 9.17) is 0 Å². The summed E-state index contributed by atoms with van der Waals surface area (Å²) in [5.74, 6) is -0.0122. The zero-order chi connectivity index (χ0) is 17.8. The van der Waals surface area contributed by atoms with E-state index in [2.05, 4.69) is 39.4 Å². The topological polar surface area (TPSA) is 75.9 Å². The average Bonchev–Trinajstić information content (AvgIpc) is 3.03. The van der Waals surface area contributed by atoms with Gasteiger partial charge in [0.2, 0.25) is 5.91 Å². The van der Waals surface area contributed by atoms with E-state index in [0.717, 1.165) is 42.8 Å². The molecule has 0 aromatic carbocycles. The third kappa shape index (κ3) is 4.63. The highest BCUT2D eigenvalue weighted by Crippen LogP contribution is 2.16. The van der Waals surface area contributed by atoms with Gasteiger partial charge in [0.15, 0.2) is 0 Å². The lowest BCUT2D eigenvalue weighted by Gasteiger charge is -2.34. The third-order valence-electron chi connectivity index (χ3n) is 4.64. The zero-order valence-electron chi connectivity index (χ0n) is 15.1. The van der Waals surface area contributed by atoms with Crippen molar-refractivity contribution in [1.29, 1.82) is 0 Å². The number of hydrogen-bond acceptors (Lipinski definition) is 5. The number of nitrogens with one attached hydrogen (secondary N) is 1. The molecule has 7 nitrogen and oxygen atoms in total. The Bertz CT molecular complexity index is 718. The minimum Gasteiger partial charge on any atom is -0.352 e. The number of nitrogens with zero attached hydrogens (tertiary/aromatic N) is 5. The van der Waals surface area contributed by atoms with Crippen LogP contribution in [0, 0.1) is 6.92 Å². The summed E-state index contributed by atoms with van der Waals surface area (Å²) in [6.07, 6.45) is 7.34. The predicted molar refractivity (Wildman–Crippen MR) is 95.9 cm³/mol. The molecule has 1 aliphatic heterocycles. The Kier molecular flexibility index (Phi) is 5.43. The summed E-state index contributed by atoms with van der Waals surface area (Å²) in [4.78, 5) is 18.9. The first-order valence-corrected chi connectivity index (χ1v) is 8.87. The van der Waals surface area contributed by atoms with Crippen LogP contribution in [0.15, 0.2) is 24.7 Å². The van der Waals surface area contributed by atoms with Gasteiger partial charge < -0.3 is 10.2 Å². The molecule has 7 heteroatoms. The molecule has 2 aromatic rings. The molecule has 3 heterocycles. The normalized spacial score (nSPS) is 16.3. The predicted octanol–water partition coefficient (Wildman–Crippen LogP) is 1.64. The number of amides is 1. The molecule has 0 spiro atoms. The Balaban J connectivity index is 1.52. The molecule has 0 unspecified atom stereocenters. The van der Waals surface area contributed by atoms with Crippen LogP contribution >= 0.6 is 0 Å². The van der Waals surface area contributed by atoms with Gasteiger partial charge in [0.1, 0.15) is 12.2 Å². The van der Waals surface area contributed by atoms with Crippen molar-refractivity contribution >= 4 is 5.91 Å². The summed E-state index contributed by atoms with van der Waals surface area (Å²) < 4.78 is 1.58. The summed E-state index contributed by atoms with van der Waals surface area (Å²) in [6.45, 7) is 8.68. The van der Waals surface area contributed by atoms with E-state index in [-0.39, 0.29) is 18.5 Å². The molecule has 3 rings (SSSR count). The van der Waals surface area contributed by atoms with Crippen LogP contribution in [0.3, 0.4) is 0 Å². The maximum absolute atomic E-state index is 12.3. The number of pyridine rings is 1. The number of aromatic nitrogens is 4. The number of piperidine rings is 1.